The fourth-order valence-electron chi connectivity index (χ4n) is 0.792. The second kappa shape index (κ2) is 6.38. The summed E-state index contributed by atoms with van der Waals surface area (Å²) in [5.41, 5.74) is 5.18. The normalized spacial score (nSPS) is 12.2. The summed E-state index contributed by atoms with van der Waals surface area (Å²) in [6, 6.07) is -0.858. The van der Waals surface area contributed by atoms with Crippen molar-refractivity contribution in [1.82, 2.24) is 10.6 Å². The quantitative estimate of drug-likeness (QED) is 0.391. The fourth-order valence-corrected chi connectivity index (χ4v) is 0.792. The molecule has 0 radical (unpaired) electrons. The van der Waals surface area contributed by atoms with E-state index in [1.165, 1.54) is 7.05 Å². The molecule has 0 saturated carbocycles. The van der Waals surface area contributed by atoms with E-state index in [1.54, 1.807) is 0 Å². The molecule has 1 amide bonds. The molecule has 0 spiro atoms. The number of hydrogen-bond acceptors (Lipinski definition) is 4. The molecule has 0 heterocycles. The van der Waals surface area contributed by atoms with Gasteiger partial charge in [-0.25, -0.2) is 0 Å². The first kappa shape index (κ1) is 11.9. The highest BCUT2D eigenvalue weighted by Crippen LogP contribution is 1.91. The van der Waals surface area contributed by atoms with Crippen molar-refractivity contribution >= 4 is 11.9 Å². The Labute approximate surface area is 76.5 Å². The molecular weight excluding hydrogens is 174 g/mol. The largest absolute Gasteiger partial charge is 0.480 e. The number of nitrogens with two attached hydrogens (primary N) is 1. The van der Waals surface area contributed by atoms with Crippen LogP contribution in [0.2, 0.25) is 0 Å². The van der Waals surface area contributed by atoms with E-state index in [2.05, 4.69) is 10.6 Å². The average Bonchev–Trinajstić information content (AvgIpc) is 2.11. The summed E-state index contributed by atoms with van der Waals surface area (Å²) < 4.78 is 0. The molecule has 0 aliphatic heterocycles. The molecular formula is C7H15N3O3. The fraction of sp³-hybridized carbons (Fsp3) is 0.714. The van der Waals surface area contributed by atoms with Crippen LogP contribution < -0.4 is 16.4 Å². The highest BCUT2D eigenvalue weighted by atomic mass is 16.4. The molecule has 0 aromatic carbocycles. The van der Waals surface area contributed by atoms with Gasteiger partial charge in [0.2, 0.25) is 5.91 Å². The number of aliphatic carboxylic acids is 1. The van der Waals surface area contributed by atoms with Crippen LogP contribution in [0.25, 0.3) is 0 Å². The van der Waals surface area contributed by atoms with Gasteiger partial charge >= 0.3 is 5.97 Å². The van der Waals surface area contributed by atoms with Crippen LogP contribution in [0, 0.1) is 0 Å². The van der Waals surface area contributed by atoms with Crippen LogP contribution in [0.15, 0.2) is 0 Å². The number of carbonyl (C=O) groups excluding carboxylic acids is 1. The third-order valence-electron chi connectivity index (χ3n) is 1.50. The van der Waals surface area contributed by atoms with Crippen molar-refractivity contribution in [3.8, 4) is 0 Å². The van der Waals surface area contributed by atoms with Crippen molar-refractivity contribution in [2.24, 2.45) is 5.73 Å². The standard InChI is InChI=1S/C7H15N3O3/c1-9-6(11)4-5(7(12)13)10-3-2-8/h5,10H,2-4,8H2,1H3,(H,9,11)(H,12,13). The Kier molecular flexibility index (Phi) is 5.82. The van der Waals surface area contributed by atoms with Crippen molar-refractivity contribution in [1.29, 1.82) is 0 Å². The zero-order valence-electron chi connectivity index (χ0n) is 7.54. The zero-order chi connectivity index (χ0) is 10.3. The molecule has 1 unspecified atom stereocenters. The van der Waals surface area contributed by atoms with Crippen LogP contribution >= 0.6 is 0 Å². The predicted octanol–water partition coefficient (Wildman–Crippen LogP) is -1.88. The van der Waals surface area contributed by atoms with Gasteiger partial charge in [-0.05, 0) is 0 Å². The molecule has 0 saturated heterocycles. The van der Waals surface area contributed by atoms with E-state index in [4.69, 9.17) is 10.8 Å². The Balaban J connectivity index is 3.94. The van der Waals surface area contributed by atoms with E-state index in [9.17, 15) is 9.59 Å². The summed E-state index contributed by atoms with van der Waals surface area (Å²) in [5, 5.41) is 13.7. The average molecular weight is 189 g/mol. The summed E-state index contributed by atoms with van der Waals surface area (Å²) in [7, 11) is 1.46. The molecule has 0 aromatic rings. The first-order valence-electron chi connectivity index (χ1n) is 3.98. The lowest BCUT2D eigenvalue weighted by atomic mass is 10.2. The number of carboxylic acids is 1. The van der Waals surface area contributed by atoms with Gasteiger partial charge in [0.1, 0.15) is 6.04 Å². The Morgan fingerprint density at radius 2 is 2.15 bits per heavy atom. The zero-order valence-corrected chi connectivity index (χ0v) is 7.54. The van der Waals surface area contributed by atoms with Crippen LogP contribution in [0.4, 0.5) is 0 Å². The number of nitrogens with one attached hydrogen (secondary N) is 2. The minimum atomic E-state index is -1.04. The Hall–Kier alpha value is -1.14. The Morgan fingerprint density at radius 3 is 2.54 bits per heavy atom. The number of carboxylic acid groups (broad SMARTS) is 1. The maximum Gasteiger partial charge on any atom is 0.321 e. The molecule has 0 aliphatic rings. The summed E-state index contributed by atoms with van der Waals surface area (Å²) in [4.78, 5) is 21.4. The van der Waals surface area contributed by atoms with E-state index >= 15 is 0 Å². The minimum Gasteiger partial charge on any atom is -0.480 e. The molecule has 6 heteroatoms. The molecule has 5 N–H and O–H groups in total. The van der Waals surface area contributed by atoms with Crippen molar-refractivity contribution in [2.75, 3.05) is 20.1 Å². The highest BCUT2D eigenvalue weighted by Gasteiger charge is 2.19. The molecule has 0 fully saturated rings. The SMILES string of the molecule is CNC(=O)CC(NCCN)C(=O)O. The molecule has 1 atom stereocenters. The van der Waals surface area contributed by atoms with Crippen molar-refractivity contribution in [2.45, 2.75) is 12.5 Å². The summed E-state index contributed by atoms with van der Waals surface area (Å²) in [6.45, 7) is 0.728. The number of carbonyl (C=O) groups is 2. The third kappa shape index (κ3) is 5.15. The van der Waals surface area contributed by atoms with Crippen LogP contribution in [0.1, 0.15) is 6.42 Å². The molecule has 13 heavy (non-hydrogen) atoms. The third-order valence-corrected chi connectivity index (χ3v) is 1.50. The Morgan fingerprint density at radius 1 is 1.54 bits per heavy atom. The van der Waals surface area contributed by atoms with Crippen molar-refractivity contribution in [3.63, 3.8) is 0 Å². The molecule has 0 aliphatic carbocycles. The second-order valence-electron chi connectivity index (χ2n) is 2.51. The molecule has 0 rings (SSSR count). The maximum atomic E-state index is 10.8. The minimum absolute atomic E-state index is 0.0775. The second-order valence-corrected chi connectivity index (χ2v) is 2.51. The van der Waals surface area contributed by atoms with Crippen molar-refractivity contribution in [3.05, 3.63) is 0 Å². The van der Waals surface area contributed by atoms with E-state index in [0.717, 1.165) is 0 Å². The number of hydrogen-bond donors (Lipinski definition) is 4. The molecule has 6 nitrogen and oxygen atoms in total. The van der Waals surface area contributed by atoms with E-state index in [0.29, 0.717) is 13.1 Å². The van der Waals surface area contributed by atoms with Gasteiger partial charge in [-0.1, -0.05) is 0 Å². The summed E-state index contributed by atoms with van der Waals surface area (Å²) >= 11 is 0. The van der Waals surface area contributed by atoms with Gasteiger partial charge in [-0.3, -0.25) is 9.59 Å². The van der Waals surface area contributed by atoms with Gasteiger partial charge in [0, 0.05) is 20.1 Å². The van der Waals surface area contributed by atoms with Crippen molar-refractivity contribution < 1.29 is 14.7 Å². The van der Waals surface area contributed by atoms with Gasteiger partial charge in [0.25, 0.3) is 0 Å². The van der Waals surface area contributed by atoms with E-state index in [-0.39, 0.29) is 12.3 Å². The van der Waals surface area contributed by atoms with Crippen LogP contribution in [0.3, 0.4) is 0 Å². The van der Waals surface area contributed by atoms with Gasteiger partial charge in [-0.2, -0.15) is 0 Å². The van der Waals surface area contributed by atoms with Gasteiger partial charge in [0.05, 0.1) is 6.42 Å². The number of rotatable bonds is 6. The lowest BCUT2D eigenvalue weighted by Crippen LogP contribution is -2.42. The summed E-state index contributed by atoms with van der Waals surface area (Å²) in [6.07, 6.45) is -0.0775. The van der Waals surface area contributed by atoms with Crippen LogP contribution in [-0.2, 0) is 9.59 Å². The lowest BCUT2D eigenvalue weighted by molar-refractivity contribution is -0.141. The van der Waals surface area contributed by atoms with Gasteiger partial charge < -0.3 is 21.5 Å². The molecule has 0 aromatic heterocycles. The first-order chi connectivity index (χ1) is 6.11. The Bertz CT molecular complexity index is 184. The first-order valence-corrected chi connectivity index (χ1v) is 3.98. The lowest BCUT2D eigenvalue weighted by Gasteiger charge is -2.12. The topological polar surface area (TPSA) is 104 Å². The van der Waals surface area contributed by atoms with Crippen LogP contribution in [-0.4, -0.2) is 43.2 Å². The molecule has 76 valence electrons. The van der Waals surface area contributed by atoms with Gasteiger partial charge in [-0.15, -0.1) is 0 Å². The highest BCUT2D eigenvalue weighted by molar-refractivity contribution is 5.84. The number of amides is 1. The molecule has 0 bridgehead atoms. The monoisotopic (exact) mass is 189 g/mol. The van der Waals surface area contributed by atoms with E-state index < -0.39 is 12.0 Å². The van der Waals surface area contributed by atoms with E-state index in [1.807, 2.05) is 0 Å². The summed E-state index contributed by atoms with van der Waals surface area (Å²) in [5.74, 6) is -1.35. The predicted molar refractivity (Wildman–Crippen MR) is 47.2 cm³/mol. The maximum absolute atomic E-state index is 10.8. The smallest absolute Gasteiger partial charge is 0.321 e. The van der Waals surface area contributed by atoms with Crippen LogP contribution in [0.5, 0.6) is 0 Å². The van der Waals surface area contributed by atoms with Gasteiger partial charge in [0.15, 0.2) is 0 Å².